The van der Waals surface area contributed by atoms with Crippen LogP contribution in [0.5, 0.6) is 5.75 Å². The zero-order chi connectivity index (χ0) is 23.8. The van der Waals surface area contributed by atoms with Crippen molar-refractivity contribution in [2.24, 2.45) is 0 Å². The van der Waals surface area contributed by atoms with E-state index < -0.39 is 11.6 Å². The number of benzene rings is 2. The fraction of sp³-hybridized carbons (Fsp3) is 0.538. The van der Waals surface area contributed by atoms with Gasteiger partial charge in [0, 0.05) is 25.2 Å². The van der Waals surface area contributed by atoms with Crippen LogP contribution in [0, 0.1) is 11.6 Å². The Bertz CT molecular complexity index is 715. The van der Waals surface area contributed by atoms with E-state index in [-0.39, 0.29) is 6.61 Å². The zero-order valence-electron chi connectivity index (χ0n) is 20.0. The number of halogens is 2. The predicted molar refractivity (Wildman–Crippen MR) is 128 cm³/mol. The van der Waals surface area contributed by atoms with Crippen molar-refractivity contribution in [3.8, 4) is 5.75 Å². The SMILES string of the molecule is CCC.COc1ccc(CC(C)NCCO)cc1.Fc1cc(F)cc(CN2CCCC2)c1. The maximum Gasteiger partial charge on any atom is 0.126 e. The third-order valence-corrected chi connectivity index (χ3v) is 4.83. The van der Waals surface area contributed by atoms with Crippen molar-refractivity contribution >= 4 is 0 Å². The highest BCUT2D eigenvalue weighted by atomic mass is 19.1. The molecule has 0 aromatic heterocycles. The van der Waals surface area contributed by atoms with Gasteiger partial charge in [-0.15, -0.1) is 0 Å². The summed E-state index contributed by atoms with van der Waals surface area (Å²) in [5.74, 6) is -0.0897. The van der Waals surface area contributed by atoms with Crippen molar-refractivity contribution in [2.75, 3.05) is 33.4 Å². The van der Waals surface area contributed by atoms with Crippen LogP contribution in [0.15, 0.2) is 42.5 Å². The van der Waals surface area contributed by atoms with Crippen LogP contribution >= 0.6 is 0 Å². The summed E-state index contributed by atoms with van der Waals surface area (Å²) < 4.78 is 30.8. The van der Waals surface area contributed by atoms with E-state index in [0.29, 0.717) is 19.1 Å². The van der Waals surface area contributed by atoms with Crippen LogP contribution in [0.25, 0.3) is 0 Å². The first-order valence-corrected chi connectivity index (χ1v) is 11.6. The number of rotatable bonds is 8. The number of ether oxygens (including phenoxy) is 1. The van der Waals surface area contributed by atoms with Gasteiger partial charge in [-0.2, -0.15) is 0 Å². The number of hydrogen-bond acceptors (Lipinski definition) is 4. The van der Waals surface area contributed by atoms with Gasteiger partial charge in [-0.1, -0.05) is 32.4 Å². The molecule has 2 aromatic rings. The van der Waals surface area contributed by atoms with Crippen molar-refractivity contribution in [1.29, 1.82) is 0 Å². The first-order valence-electron chi connectivity index (χ1n) is 11.6. The third-order valence-electron chi connectivity index (χ3n) is 4.83. The minimum Gasteiger partial charge on any atom is -0.497 e. The Balaban J connectivity index is 0.000000286. The molecule has 32 heavy (non-hydrogen) atoms. The van der Waals surface area contributed by atoms with Crippen molar-refractivity contribution < 1.29 is 18.6 Å². The molecule has 1 unspecified atom stereocenters. The Hall–Kier alpha value is -2.02. The van der Waals surface area contributed by atoms with Crippen LogP contribution in [0.4, 0.5) is 8.78 Å². The molecule has 2 N–H and O–H groups in total. The molecular weight excluding hydrogens is 410 g/mol. The number of methoxy groups -OCH3 is 1. The lowest BCUT2D eigenvalue weighted by atomic mass is 10.1. The molecule has 1 aliphatic heterocycles. The average Bonchev–Trinajstić information content (AvgIpc) is 3.26. The van der Waals surface area contributed by atoms with E-state index in [1.165, 1.54) is 37.0 Å². The van der Waals surface area contributed by atoms with Crippen LogP contribution in [0.3, 0.4) is 0 Å². The number of hydrogen-bond donors (Lipinski definition) is 2. The van der Waals surface area contributed by atoms with E-state index in [0.717, 1.165) is 36.9 Å². The van der Waals surface area contributed by atoms with Crippen LogP contribution in [-0.2, 0) is 13.0 Å². The van der Waals surface area contributed by atoms with E-state index in [9.17, 15) is 8.78 Å². The van der Waals surface area contributed by atoms with Gasteiger partial charge in [-0.3, -0.25) is 4.90 Å². The molecule has 0 aliphatic carbocycles. The first-order chi connectivity index (χ1) is 15.4. The lowest BCUT2D eigenvalue weighted by molar-refractivity contribution is 0.285. The summed E-state index contributed by atoms with van der Waals surface area (Å²) in [6, 6.07) is 12.2. The lowest BCUT2D eigenvalue weighted by Crippen LogP contribution is -2.30. The van der Waals surface area contributed by atoms with Crippen LogP contribution in [0.1, 0.15) is 51.2 Å². The van der Waals surface area contributed by atoms with Gasteiger partial charge < -0.3 is 15.2 Å². The Morgan fingerprint density at radius 1 is 1.00 bits per heavy atom. The number of likely N-dealkylation sites (tertiary alicyclic amines) is 1. The van der Waals surface area contributed by atoms with Gasteiger partial charge in [0.05, 0.1) is 13.7 Å². The minimum absolute atomic E-state index is 0.187. The maximum atomic E-state index is 12.8. The summed E-state index contributed by atoms with van der Waals surface area (Å²) in [5, 5.41) is 11.9. The lowest BCUT2D eigenvalue weighted by Gasteiger charge is -2.14. The minimum atomic E-state index is -0.487. The summed E-state index contributed by atoms with van der Waals surface area (Å²) in [6.45, 7) is 9.94. The molecule has 1 aliphatic rings. The second-order valence-corrected chi connectivity index (χ2v) is 8.10. The summed E-state index contributed by atoms with van der Waals surface area (Å²) in [6.07, 6.45) is 4.60. The van der Waals surface area contributed by atoms with Crippen LogP contribution in [-0.4, -0.2) is 49.4 Å². The van der Waals surface area contributed by atoms with Gasteiger partial charge >= 0.3 is 0 Å². The van der Waals surface area contributed by atoms with Crippen molar-refractivity contribution in [2.45, 2.75) is 59.0 Å². The van der Waals surface area contributed by atoms with E-state index in [1.54, 1.807) is 7.11 Å². The fourth-order valence-corrected chi connectivity index (χ4v) is 3.40. The molecular formula is C26H40F2N2O2. The normalized spacial score (nSPS) is 14.1. The molecule has 6 heteroatoms. The summed E-state index contributed by atoms with van der Waals surface area (Å²) >= 11 is 0. The number of aliphatic hydroxyl groups excluding tert-OH is 1. The molecule has 180 valence electrons. The second-order valence-electron chi connectivity index (χ2n) is 8.10. The largest absolute Gasteiger partial charge is 0.497 e. The summed E-state index contributed by atoms with van der Waals surface area (Å²) in [4.78, 5) is 2.22. The summed E-state index contributed by atoms with van der Waals surface area (Å²) in [7, 11) is 1.67. The van der Waals surface area contributed by atoms with Gasteiger partial charge in [0.2, 0.25) is 0 Å². The van der Waals surface area contributed by atoms with Gasteiger partial charge in [-0.05, 0) is 74.7 Å². The second kappa shape index (κ2) is 16.6. The van der Waals surface area contributed by atoms with Crippen LogP contribution in [0.2, 0.25) is 0 Å². The molecule has 1 atom stereocenters. The Morgan fingerprint density at radius 3 is 2.06 bits per heavy atom. The highest BCUT2D eigenvalue weighted by Crippen LogP contribution is 2.15. The maximum absolute atomic E-state index is 12.8. The molecule has 1 heterocycles. The smallest absolute Gasteiger partial charge is 0.126 e. The predicted octanol–water partition coefficient (Wildman–Crippen LogP) is 5.19. The van der Waals surface area contributed by atoms with Gasteiger partial charge in [0.25, 0.3) is 0 Å². The zero-order valence-corrected chi connectivity index (χ0v) is 20.0. The van der Waals surface area contributed by atoms with Crippen molar-refractivity contribution in [1.82, 2.24) is 10.2 Å². The Kier molecular flexibility index (Phi) is 14.5. The van der Waals surface area contributed by atoms with Gasteiger partial charge in [-0.25, -0.2) is 8.78 Å². The van der Waals surface area contributed by atoms with Crippen molar-refractivity contribution in [3.05, 3.63) is 65.2 Å². The highest BCUT2D eigenvalue weighted by Gasteiger charge is 2.12. The Morgan fingerprint density at radius 2 is 1.56 bits per heavy atom. The molecule has 3 rings (SSSR count). The molecule has 4 nitrogen and oxygen atoms in total. The topological polar surface area (TPSA) is 44.7 Å². The molecule has 1 saturated heterocycles. The van der Waals surface area contributed by atoms with E-state index in [4.69, 9.17) is 9.84 Å². The average molecular weight is 451 g/mol. The number of nitrogens with zero attached hydrogens (tertiary/aromatic N) is 1. The van der Waals surface area contributed by atoms with E-state index in [1.807, 2.05) is 12.1 Å². The molecule has 0 saturated carbocycles. The van der Waals surface area contributed by atoms with Gasteiger partial charge in [0.15, 0.2) is 0 Å². The molecule has 0 radical (unpaired) electrons. The molecule has 1 fully saturated rings. The standard InChI is InChI=1S/C12H19NO2.C11H13F2N.C3H8/c1-10(13-7-8-14)9-11-3-5-12(15-2)6-4-11;12-10-5-9(6-11(13)7-10)8-14-3-1-2-4-14;1-3-2/h3-6,10,13-14H,7-9H2,1-2H3;5-7H,1-4,8H2;3H2,1-2H3. The fourth-order valence-electron chi connectivity index (χ4n) is 3.40. The number of nitrogens with one attached hydrogen (secondary N) is 1. The van der Waals surface area contributed by atoms with E-state index in [2.05, 4.69) is 43.1 Å². The molecule has 0 spiro atoms. The molecule has 0 amide bonds. The quantitative estimate of drug-likeness (QED) is 0.581. The highest BCUT2D eigenvalue weighted by molar-refractivity contribution is 5.27. The van der Waals surface area contributed by atoms with E-state index >= 15 is 0 Å². The van der Waals surface area contributed by atoms with Gasteiger partial charge in [0.1, 0.15) is 17.4 Å². The monoisotopic (exact) mass is 450 g/mol. The first kappa shape index (κ1) is 28.0. The number of aliphatic hydroxyl groups is 1. The van der Waals surface area contributed by atoms with Crippen LogP contribution < -0.4 is 10.1 Å². The Labute approximate surface area is 192 Å². The molecule has 2 aromatic carbocycles. The molecule has 0 bridgehead atoms. The van der Waals surface area contributed by atoms with Crippen molar-refractivity contribution in [3.63, 3.8) is 0 Å². The third kappa shape index (κ3) is 12.1. The summed E-state index contributed by atoms with van der Waals surface area (Å²) in [5.41, 5.74) is 2.00.